The number of ketones is 1. The van der Waals surface area contributed by atoms with Crippen molar-refractivity contribution in [2.24, 2.45) is 0 Å². The fraction of sp³-hybridized carbons (Fsp3) is 0.176. The summed E-state index contributed by atoms with van der Waals surface area (Å²) in [6, 6.07) is 10.4. The van der Waals surface area contributed by atoms with Crippen LogP contribution in [0, 0.1) is 10.1 Å². The van der Waals surface area contributed by atoms with Gasteiger partial charge in [0.1, 0.15) is 0 Å². The second-order valence-corrected chi connectivity index (χ2v) is 10.5. The summed E-state index contributed by atoms with van der Waals surface area (Å²) in [4.78, 5) is 71.1. The molecule has 0 heterocycles. The number of non-ortho nitro benzene ring substituents is 1. The minimum atomic E-state index is -5.13. The Balaban J connectivity index is 2.09. The van der Waals surface area contributed by atoms with Crippen LogP contribution in [0.3, 0.4) is 0 Å². The number of nitrogens with one attached hydrogen (secondary N) is 1. The van der Waals surface area contributed by atoms with Crippen LogP contribution in [0.25, 0.3) is 0 Å². The Morgan fingerprint density at radius 1 is 0.968 bits per heavy atom. The third-order valence-corrected chi connectivity index (χ3v) is 8.06. The molecule has 2 aromatic carbocycles. The zero-order valence-corrected chi connectivity index (χ0v) is 17.5. The molecule has 0 spiro atoms. The highest BCUT2D eigenvalue weighted by Gasteiger charge is 2.43. The molecule has 0 fully saturated rings. The minimum Gasteiger partial charge on any atom is -0.324 e. The zero-order valence-electron chi connectivity index (χ0n) is 15.7. The van der Waals surface area contributed by atoms with E-state index in [9.17, 15) is 28.8 Å². The lowest BCUT2D eigenvalue weighted by atomic mass is 10.1. The van der Waals surface area contributed by atoms with Gasteiger partial charge in [0.25, 0.3) is 11.6 Å². The Kier molecular flexibility index (Phi) is 7.61. The Labute approximate surface area is 175 Å². The summed E-state index contributed by atoms with van der Waals surface area (Å²) < 4.78 is 22.6. The van der Waals surface area contributed by atoms with E-state index in [-0.39, 0.29) is 22.5 Å². The molecule has 0 unspecified atom stereocenters. The smallest absolute Gasteiger partial charge is 0.324 e. The van der Waals surface area contributed by atoms with Gasteiger partial charge in [-0.25, -0.2) is 0 Å². The summed E-state index contributed by atoms with van der Waals surface area (Å²) in [7, 11) is -10.3. The standard InChI is InChI=1S/C17H18N2O10P2/c20-15(8-9-16(30(24,25)26)31(27,28)29)12-2-1-3-13(10-12)18-17(21)11-4-6-14(7-5-11)19(22)23/h1-7,10,16H,8-9H2,(H,18,21)(H2,24,25,26)(H2,27,28,29). The van der Waals surface area contributed by atoms with E-state index in [1.54, 1.807) is 0 Å². The number of nitro groups is 1. The molecule has 0 aromatic heterocycles. The van der Waals surface area contributed by atoms with Crippen molar-refractivity contribution in [1.82, 2.24) is 0 Å². The molecule has 0 radical (unpaired) electrons. The molecule has 0 aliphatic rings. The van der Waals surface area contributed by atoms with Crippen molar-refractivity contribution in [3.05, 3.63) is 69.8 Å². The molecule has 31 heavy (non-hydrogen) atoms. The zero-order chi connectivity index (χ0) is 23.4. The quantitative estimate of drug-likeness (QED) is 0.156. The first kappa shape index (κ1) is 24.5. The van der Waals surface area contributed by atoms with Crippen LogP contribution in [0.5, 0.6) is 0 Å². The van der Waals surface area contributed by atoms with Crippen molar-refractivity contribution in [3.8, 4) is 0 Å². The number of benzene rings is 2. The average molecular weight is 472 g/mol. The third kappa shape index (κ3) is 6.90. The van der Waals surface area contributed by atoms with Crippen LogP contribution in [0.15, 0.2) is 48.5 Å². The highest BCUT2D eigenvalue weighted by Crippen LogP contribution is 2.61. The van der Waals surface area contributed by atoms with E-state index in [0.29, 0.717) is 0 Å². The van der Waals surface area contributed by atoms with Gasteiger partial charge >= 0.3 is 15.2 Å². The molecule has 0 saturated heterocycles. The van der Waals surface area contributed by atoms with Crippen molar-refractivity contribution in [2.45, 2.75) is 18.2 Å². The van der Waals surface area contributed by atoms with Gasteiger partial charge in [-0.1, -0.05) is 12.1 Å². The Hall–Kier alpha value is -2.72. The molecule has 0 saturated carbocycles. The van der Waals surface area contributed by atoms with Crippen LogP contribution in [0.4, 0.5) is 11.4 Å². The topological polar surface area (TPSA) is 204 Å². The second kappa shape index (κ2) is 9.61. The minimum absolute atomic E-state index is 0.0525. The van der Waals surface area contributed by atoms with Gasteiger partial charge in [-0.3, -0.25) is 28.8 Å². The van der Waals surface area contributed by atoms with Crippen LogP contribution >= 0.6 is 15.2 Å². The van der Waals surface area contributed by atoms with Crippen molar-refractivity contribution in [3.63, 3.8) is 0 Å². The summed E-state index contributed by atoms with van der Waals surface area (Å²) in [6.45, 7) is 0. The van der Waals surface area contributed by atoms with Crippen molar-refractivity contribution in [2.75, 3.05) is 5.32 Å². The first-order valence-electron chi connectivity index (χ1n) is 8.58. The number of hydrogen-bond donors (Lipinski definition) is 5. The van der Waals surface area contributed by atoms with E-state index < -0.39 is 50.0 Å². The molecular weight excluding hydrogens is 454 g/mol. The monoisotopic (exact) mass is 472 g/mol. The van der Waals surface area contributed by atoms with Crippen molar-refractivity contribution in [1.29, 1.82) is 0 Å². The maximum atomic E-state index is 12.3. The fourth-order valence-corrected chi connectivity index (χ4v) is 5.14. The summed E-state index contributed by atoms with van der Waals surface area (Å²) in [5.41, 5.74) is 0.203. The number of carbonyl (C=O) groups excluding carboxylic acids is 2. The molecule has 166 valence electrons. The molecule has 2 aromatic rings. The maximum absolute atomic E-state index is 12.3. The molecule has 5 N–H and O–H groups in total. The predicted octanol–water partition coefficient (Wildman–Crippen LogP) is 2.49. The molecular formula is C17H18N2O10P2. The largest absolute Gasteiger partial charge is 0.340 e. The highest BCUT2D eigenvalue weighted by molar-refractivity contribution is 7.70. The van der Waals surface area contributed by atoms with Gasteiger partial charge in [-0.05, 0) is 30.7 Å². The number of anilines is 1. The van der Waals surface area contributed by atoms with E-state index >= 15 is 0 Å². The van der Waals surface area contributed by atoms with Gasteiger partial charge in [0.05, 0.1) is 4.92 Å². The summed E-state index contributed by atoms with van der Waals surface area (Å²) in [6.07, 6.45) is -1.27. The summed E-state index contributed by atoms with van der Waals surface area (Å²) in [5, 5.41) is 10.9. The number of rotatable bonds is 9. The lowest BCUT2D eigenvalue weighted by Crippen LogP contribution is -2.13. The van der Waals surface area contributed by atoms with Crippen LogP contribution in [0.1, 0.15) is 33.6 Å². The molecule has 0 aliphatic carbocycles. The van der Waals surface area contributed by atoms with Crippen LogP contribution in [-0.2, 0) is 9.13 Å². The van der Waals surface area contributed by atoms with Crippen molar-refractivity contribution < 1.29 is 43.2 Å². The van der Waals surface area contributed by atoms with Gasteiger partial charge in [-0.15, -0.1) is 0 Å². The summed E-state index contributed by atoms with van der Waals surface area (Å²) >= 11 is 0. The fourth-order valence-electron chi connectivity index (χ4n) is 2.65. The van der Waals surface area contributed by atoms with Gasteiger partial charge in [-0.2, -0.15) is 0 Å². The molecule has 0 aliphatic heterocycles. The lowest BCUT2D eigenvalue weighted by molar-refractivity contribution is -0.384. The lowest BCUT2D eigenvalue weighted by Gasteiger charge is -2.19. The van der Waals surface area contributed by atoms with E-state index in [1.807, 2.05) is 0 Å². The first-order chi connectivity index (χ1) is 14.3. The Morgan fingerprint density at radius 2 is 1.55 bits per heavy atom. The number of Topliss-reactive ketones (excluding diaryl/α,β-unsaturated/α-hetero) is 1. The molecule has 14 heteroatoms. The van der Waals surface area contributed by atoms with Gasteiger partial charge in [0.15, 0.2) is 11.2 Å². The van der Waals surface area contributed by atoms with E-state index in [4.69, 9.17) is 19.6 Å². The molecule has 1 amide bonds. The number of hydrogen-bond acceptors (Lipinski definition) is 6. The summed E-state index contributed by atoms with van der Waals surface area (Å²) in [5.74, 6) is -1.24. The molecule has 12 nitrogen and oxygen atoms in total. The predicted molar refractivity (Wildman–Crippen MR) is 109 cm³/mol. The van der Waals surface area contributed by atoms with Crippen molar-refractivity contribution >= 4 is 38.3 Å². The molecule has 0 atom stereocenters. The number of amides is 1. The first-order valence-corrected chi connectivity index (χ1v) is 11.9. The molecule has 0 bridgehead atoms. The Bertz CT molecular complexity index is 1070. The maximum Gasteiger partial charge on any atom is 0.340 e. The normalized spacial score (nSPS) is 11.9. The average Bonchev–Trinajstić information content (AvgIpc) is 2.66. The van der Waals surface area contributed by atoms with Gasteiger partial charge < -0.3 is 24.9 Å². The molecule has 2 rings (SSSR count). The number of nitrogens with zero attached hydrogens (tertiary/aromatic N) is 1. The van der Waals surface area contributed by atoms with E-state index in [2.05, 4.69) is 5.32 Å². The Morgan fingerprint density at radius 3 is 2.06 bits per heavy atom. The SMILES string of the molecule is O=C(CCC(P(=O)(O)O)P(=O)(O)O)c1cccc(NC(=O)c2ccc([N+](=O)[O-])cc2)c1. The van der Waals surface area contributed by atoms with Crippen LogP contribution in [0.2, 0.25) is 0 Å². The van der Waals surface area contributed by atoms with Gasteiger partial charge in [0.2, 0.25) is 0 Å². The highest BCUT2D eigenvalue weighted by atomic mass is 31.2. The third-order valence-electron chi connectivity index (χ3n) is 4.19. The van der Waals surface area contributed by atoms with Gasteiger partial charge in [0, 0.05) is 35.4 Å². The van der Waals surface area contributed by atoms with E-state index in [1.165, 1.54) is 36.4 Å². The van der Waals surface area contributed by atoms with Crippen LogP contribution in [-0.4, -0.2) is 41.6 Å². The number of nitro benzene ring substituents is 1. The van der Waals surface area contributed by atoms with Crippen LogP contribution < -0.4 is 5.32 Å². The second-order valence-electron chi connectivity index (χ2n) is 6.46. The van der Waals surface area contributed by atoms with E-state index in [0.717, 1.165) is 12.1 Å². The number of carbonyl (C=O) groups is 2.